The zero-order valence-corrected chi connectivity index (χ0v) is 11.5. The maximum atomic E-state index is 13.8. The van der Waals surface area contributed by atoms with Gasteiger partial charge >= 0.3 is 5.97 Å². The lowest BCUT2D eigenvalue weighted by atomic mass is 10.2. The molecule has 2 N–H and O–H groups in total. The van der Waals surface area contributed by atoms with Crippen molar-refractivity contribution in [3.8, 4) is 5.88 Å². The highest BCUT2D eigenvalue weighted by atomic mass is 19.1. The fourth-order valence-electron chi connectivity index (χ4n) is 1.60. The summed E-state index contributed by atoms with van der Waals surface area (Å²) in [4.78, 5) is 18.6. The van der Waals surface area contributed by atoms with Crippen LogP contribution in [0.1, 0.15) is 24.2 Å². The number of halogens is 1. The first-order chi connectivity index (χ1) is 9.95. The zero-order valence-electron chi connectivity index (χ0n) is 11.5. The SMILES string of the molecule is CC(C)Oc1cc(Nc2ccc(C(=O)O)cc2F)ncn1. The predicted molar refractivity (Wildman–Crippen MR) is 74.4 cm³/mol. The molecule has 0 aliphatic heterocycles. The fourth-order valence-corrected chi connectivity index (χ4v) is 1.60. The van der Waals surface area contributed by atoms with Crippen LogP contribution < -0.4 is 10.1 Å². The summed E-state index contributed by atoms with van der Waals surface area (Å²) >= 11 is 0. The number of benzene rings is 1. The van der Waals surface area contributed by atoms with Gasteiger partial charge in [0.2, 0.25) is 5.88 Å². The van der Waals surface area contributed by atoms with Crippen LogP contribution in [0.2, 0.25) is 0 Å². The Morgan fingerprint density at radius 2 is 2.10 bits per heavy atom. The maximum absolute atomic E-state index is 13.8. The van der Waals surface area contributed by atoms with Crippen LogP contribution in [0.25, 0.3) is 0 Å². The number of hydrogen-bond donors (Lipinski definition) is 2. The first kappa shape index (κ1) is 14.7. The number of ether oxygens (including phenoxy) is 1. The van der Waals surface area contributed by atoms with Crippen molar-refractivity contribution in [2.45, 2.75) is 20.0 Å². The first-order valence-electron chi connectivity index (χ1n) is 6.24. The van der Waals surface area contributed by atoms with E-state index in [1.54, 1.807) is 0 Å². The minimum Gasteiger partial charge on any atom is -0.478 e. The summed E-state index contributed by atoms with van der Waals surface area (Å²) in [6, 6.07) is 5.12. The minimum atomic E-state index is -1.19. The number of nitrogens with one attached hydrogen (secondary N) is 1. The van der Waals surface area contributed by atoms with Crippen molar-refractivity contribution < 1.29 is 19.0 Å². The lowest BCUT2D eigenvalue weighted by Crippen LogP contribution is -2.07. The van der Waals surface area contributed by atoms with Gasteiger partial charge in [0.05, 0.1) is 17.4 Å². The van der Waals surface area contributed by atoms with Gasteiger partial charge in [0.15, 0.2) is 0 Å². The third-order valence-electron chi connectivity index (χ3n) is 2.48. The van der Waals surface area contributed by atoms with E-state index in [2.05, 4.69) is 15.3 Å². The van der Waals surface area contributed by atoms with Gasteiger partial charge in [-0.1, -0.05) is 0 Å². The minimum absolute atomic E-state index is 0.0423. The highest BCUT2D eigenvalue weighted by Crippen LogP contribution is 2.21. The number of aromatic nitrogens is 2. The topological polar surface area (TPSA) is 84.3 Å². The molecule has 1 heterocycles. The molecular formula is C14H14FN3O3. The Balaban J connectivity index is 2.20. The van der Waals surface area contributed by atoms with Crippen molar-refractivity contribution in [3.05, 3.63) is 42.0 Å². The number of carbonyl (C=O) groups is 1. The van der Waals surface area contributed by atoms with Crippen molar-refractivity contribution in [1.29, 1.82) is 0 Å². The molecule has 0 saturated carbocycles. The number of aromatic carboxylic acids is 1. The largest absolute Gasteiger partial charge is 0.478 e. The monoisotopic (exact) mass is 291 g/mol. The summed E-state index contributed by atoms with van der Waals surface area (Å²) in [6.45, 7) is 3.72. The quantitative estimate of drug-likeness (QED) is 0.881. The van der Waals surface area contributed by atoms with Crippen LogP contribution in [0.4, 0.5) is 15.9 Å². The van der Waals surface area contributed by atoms with Gasteiger partial charge in [0.25, 0.3) is 0 Å². The normalized spacial score (nSPS) is 10.5. The van der Waals surface area contributed by atoms with E-state index >= 15 is 0 Å². The van der Waals surface area contributed by atoms with E-state index < -0.39 is 11.8 Å². The number of nitrogens with zero attached hydrogens (tertiary/aromatic N) is 2. The Labute approximate surface area is 120 Å². The Morgan fingerprint density at radius 1 is 1.33 bits per heavy atom. The van der Waals surface area contributed by atoms with E-state index in [9.17, 15) is 9.18 Å². The zero-order chi connectivity index (χ0) is 15.4. The molecule has 0 fully saturated rings. The molecule has 6 nitrogen and oxygen atoms in total. The molecule has 1 aromatic carbocycles. The average Bonchev–Trinajstić information content (AvgIpc) is 2.40. The van der Waals surface area contributed by atoms with Gasteiger partial charge in [-0.05, 0) is 32.0 Å². The summed E-state index contributed by atoms with van der Waals surface area (Å²) in [7, 11) is 0. The van der Waals surface area contributed by atoms with Crippen molar-refractivity contribution in [1.82, 2.24) is 9.97 Å². The van der Waals surface area contributed by atoms with Crippen LogP contribution in [0, 0.1) is 5.82 Å². The van der Waals surface area contributed by atoms with E-state index in [0.717, 1.165) is 6.07 Å². The second-order valence-electron chi connectivity index (χ2n) is 4.53. The molecule has 0 saturated heterocycles. The molecule has 0 amide bonds. The van der Waals surface area contributed by atoms with Crippen LogP contribution in [-0.4, -0.2) is 27.1 Å². The molecule has 2 aromatic rings. The van der Waals surface area contributed by atoms with Crippen molar-refractivity contribution in [3.63, 3.8) is 0 Å². The van der Waals surface area contributed by atoms with Gasteiger partial charge in [-0.3, -0.25) is 0 Å². The highest BCUT2D eigenvalue weighted by Gasteiger charge is 2.09. The molecule has 0 radical (unpaired) electrons. The summed E-state index contributed by atoms with van der Waals surface area (Å²) in [6.07, 6.45) is 1.25. The number of hydrogen-bond acceptors (Lipinski definition) is 5. The molecular weight excluding hydrogens is 277 g/mol. The highest BCUT2D eigenvalue weighted by molar-refractivity contribution is 5.88. The molecule has 0 aliphatic carbocycles. The Morgan fingerprint density at radius 3 is 2.71 bits per heavy atom. The van der Waals surface area contributed by atoms with Gasteiger partial charge in [-0.15, -0.1) is 0 Å². The van der Waals surface area contributed by atoms with Gasteiger partial charge in [-0.2, -0.15) is 0 Å². The molecule has 0 bridgehead atoms. The van der Waals surface area contributed by atoms with Crippen LogP contribution >= 0.6 is 0 Å². The number of rotatable bonds is 5. The molecule has 21 heavy (non-hydrogen) atoms. The third kappa shape index (κ3) is 3.88. The van der Waals surface area contributed by atoms with E-state index in [1.165, 1.54) is 24.5 Å². The number of anilines is 2. The maximum Gasteiger partial charge on any atom is 0.335 e. The van der Waals surface area contributed by atoms with Crippen LogP contribution in [-0.2, 0) is 0 Å². The van der Waals surface area contributed by atoms with Gasteiger partial charge in [-0.25, -0.2) is 19.2 Å². The van der Waals surface area contributed by atoms with Gasteiger partial charge in [0, 0.05) is 6.07 Å². The first-order valence-corrected chi connectivity index (χ1v) is 6.24. The van der Waals surface area contributed by atoms with Crippen molar-refractivity contribution >= 4 is 17.5 Å². The predicted octanol–water partition coefficient (Wildman–Crippen LogP) is 2.84. The summed E-state index contributed by atoms with van der Waals surface area (Å²) in [5, 5.41) is 11.5. The van der Waals surface area contributed by atoms with Crippen molar-refractivity contribution in [2.75, 3.05) is 5.32 Å². The Kier molecular flexibility index (Phi) is 4.32. The number of carboxylic acids is 1. The summed E-state index contributed by atoms with van der Waals surface area (Å²) in [5.74, 6) is -1.15. The number of carboxylic acid groups (broad SMARTS) is 1. The van der Waals surface area contributed by atoms with E-state index in [4.69, 9.17) is 9.84 Å². The Hall–Kier alpha value is -2.70. The van der Waals surface area contributed by atoms with E-state index in [1.807, 2.05) is 13.8 Å². The second kappa shape index (κ2) is 6.17. The summed E-state index contributed by atoms with van der Waals surface area (Å²) < 4.78 is 19.2. The molecule has 2 rings (SSSR count). The van der Waals surface area contributed by atoms with E-state index in [0.29, 0.717) is 11.7 Å². The smallest absolute Gasteiger partial charge is 0.335 e. The van der Waals surface area contributed by atoms with Crippen LogP contribution in [0.3, 0.4) is 0 Å². The lowest BCUT2D eigenvalue weighted by Gasteiger charge is -2.10. The van der Waals surface area contributed by atoms with Crippen LogP contribution in [0.5, 0.6) is 5.88 Å². The third-order valence-corrected chi connectivity index (χ3v) is 2.48. The molecule has 7 heteroatoms. The molecule has 110 valence electrons. The molecule has 0 spiro atoms. The molecule has 1 aromatic heterocycles. The second-order valence-corrected chi connectivity index (χ2v) is 4.53. The lowest BCUT2D eigenvalue weighted by molar-refractivity contribution is 0.0696. The molecule has 0 unspecified atom stereocenters. The van der Waals surface area contributed by atoms with Gasteiger partial charge < -0.3 is 15.2 Å². The molecule has 0 aliphatic rings. The average molecular weight is 291 g/mol. The summed E-state index contributed by atoms with van der Waals surface area (Å²) in [5.41, 5.74) is -0.00114. The molecule has 0 atom stereocenters. The standard InChI is InChI=1S/C14H14FN3O3/c1-8(2)21-13-6-12(16-7-17-13)18-11-4-3-9(14(19)20)5-10(11)15/h3-8H,1-2H3,(H,19,20)(H,16,17,18). The fraction of sp³-hybridized carbons (Fsp3) is 0.214. The van der Waals surface area contributed by atoms with Crippen LogP contribution in [0.15, 0.2) is 30.6 Å². The van der Waals surface area contributed by atoms with Gasteiger partial charge in [0.1, 0.15) is 18.0 Å². The Bertz CT molecular complexity index is 662. The van der Waals surface area contributed by atoms with Crippen molar-refractivity contribution in [2.24, 2.45) is 0 Å². The van der Waals surface area contributed by atoms with E-state index in [-0.39, 0.29) is 17.4 Å².